The van der Waals surface area contributed by atoms with Gasteiger partial charge in [0.05, 0.1) is 6.10 Å². The molecule has 0 bridgehead atoms. The van der Waals surface area contributed by atoms with Crippen LogP contribution < -0.4 is 0 Å². The third-order valence-electron chi connectivity index (χ3n) is 1.62. The van der Waals surface area contributed by atoms with Crippen molar-refractivity contribution >= 4 is 44.8 Å². The van der Waals surface area contributed by atoms with Crippen LogP contribution in [-0.2, 0) is 4.79 Å². The number of thiophene rings is 1. The van der Waals surface area contributed by atoms with Crippen molar-refractivity contribution in [3.63, 3.8) is 0 Å². The van der Waals surface area contributed by atoms with Gasteiger partial charge in [0.1, 0.15) is 4.34 Å². The van der Waals surface area contributed by atoms with E-state index < -0.39 is 12.1 Å². The predicted octanol–water partition coefficient (Wildman–Crippen LogP) is 3.06. The lowest BCUT2D eigenvalue weighted by molar-refractivity contribution is -0.137. The Bertz CT molecular complexity index is 320. The van der Waals surface area contributed by atoms with Gasteiger partial charge in [0.2, 0.25) is 0 Å². The molecular formula is C8H8BrClO3S. The van der Waals surface area contributed by atoms with Crippen LogP contribution in [0.1, 0.15) is 23.8 Å². The van der Waals surface area contributed by atoms with Crippen molar-refractivity contribution in [2.45, 2.75) is 18.9 Å². The van der Waals surface area contributed by atoms with Crippen LogP contribution in [0.5, 0.6) is 0 Å². The number of aliphatic hydroxyl groups is 1. The maximum atomic E-state index is 10.3. The maximum Gasteiger partial charge on any atom is 0.303 e. The van der Waals surface area contributed by atoms with Crippen molar-refractivity contribution in [1.29, 1.82) is 0 Å². The average molecular weight is 300 g/mol. The fourth-order valence-electron chi connectivity index (χ4n) is 0.930. The SMILES string of the molecule is O=C(O)CCC(O)c1cc(Br)c(Cl)s1. The van der Waals surface area contributed by atoms with Crippen LogP contribution in [0.25, 0.3) is 0 Å². The standard InChI is InChI=1S/C8H8BrClO3S/c9-4-3-6(14-8(4)10)5(11)1-2-7(12)13/h3,5,11H,1-2H2,(H,12,13). The van der Waals surface area contributed by atoms with Gasteiger partial charge >= 0.3 is 5.97 Å². The summed E-state index contributed by atoms with van der Waals surface area (Å²) in [6, 6.07) is 1.71. The van der Waals surface area contributed by atoms with Gasteiger partial charge in [-0.3, -0.25) is 4.79 Å². The highest BCUT2D eigenvalue weighted by atomic mass is 79.9. The van der Waals surface area contributed by atoms with Crippen molar-refractivity contribution in [2.24, 2.45) is 0 Å². The molecule has 1 aromatic rings. The number of aliphatic hydroxyl groups excluding tert-OH is 1. The molecule has 1 rings (SSSR count). The second-order valence-electron chi connectivity index (χ2n) is 2.72. The molecule has 0 aliphatic carbocycles. The fraction of sp³-hybridized carbons (Fsp3) is 0.375. The molecule has 1 heterocycles. The number of hydrogen-bond donors (Lipinski definition) is 2. The van der Waals surface area contributed by atoms with Gasteiger partial charge in [-0.25, -0.2) is 0 Å². The molecule has 78 valence electrons. The van der Waals surface area contributed by atoms with Gasteiger partial charge in [0, 0.05) is 15.8 Å². The minimum absolute atomic E-state index is 0.0473. The van der Waals surface area contributed by atoms with Crippen molar-refractivity contribution in [1.82, 2.24) is 0 Å². The van der Waals surface area contributed by atoms with Crippen LogP contribution in [-0.4, -0.2) is 16.2 Å². The molecule has 1 atom stereocenters. The van der Waals surface area contributed by atoms with Gasteiger partial charge in [0.25, 0.3) is 0 Å². The van der Waals surface area contributed by atoms with E-state index in [9.17, 15) is 9.90 Å². The van der Waals surface area contributed by atoms with Crippen molar-refractivity contribution in [3.8, 4) is 0 Å². The highest BCUT2D eigenvalue weighted by Gasteiger charge is 2.14. The molecule has 0 saturated heterocycles. The summed E-state index contributed by atoms with van der Waals surface area (Å²) in [5, 5.41) is 18.0. The fourth-order valence-corrected chi connectivity index (χ4v) is 2.69. The van der Waals surface area contributed by atoms with E-state index in [0.717, 1.165) is 4.47 Å². The molecule has 1 unspecified atom stereocenters. The van der Waals surface area contributed by atoms with Gasteiger partial charge in [0.15, 0.2) is 0 Å². The lowest BCUT2D eigenvalue weighted by Gasteiger charge is -2.04. The molecule has 0 spiro atoms. The Labute approximate surface area is 98.5 Å². The van der Waals surface area contributed by atoms with E-state index >= 15 is 0 Å². The number of hydrogen-bond acceptors (Lipinski definition) is 3. The smallest absolute Gasteiger partial charge is 0.303 e. The summed E-state index contributed by atoms with van der Waals surface area (Å²) in [5.74, 6) is -0.911. The molecule has 6 heteroatoms. The molecule has 3 nitrogen and oxygen atoms in total. The zero-order chi connectivity index (χ0) is 10.7. The van der Waals surface area contributed by atoms with E-state index in [1.54, 1.807) is 6.07 Å². The number of rotatable bonds is 4. The third kappa shape index (κ3) is 3.24. The lowest BCUT2D eigenvalue weighted by atomic mass is 10.2. The quantitative estimate of drug-likeness (QED) is 0.898. The molecule has 0 saturated carbocycles. The minimum atomic E-state index is -0.911. The van der Waals surface area contributed by atoms with Crippen LogP contribution in [0.2, 0.25) is 4.34 Å². The van der Waals surface area contributed by atoms with Crippen molar-refractivity contribution < 1.29 is 15.0 Å². The molecule has 0 aromatic carbocycles. The summed E-state index contributed by atoms with van der Waals surface area (Å²) in [4.78, 5) is 10.9. The summed E-state index contributed by atoms with van der Waals surface area (Å²) >= 11 is 10.2. The topological polar surface area (TPSA) is 57.5 Å². The van der Waals surface area contributed by atoms with Crippen LogP contribution in [0.4, 0.5) is 0 Å². The third-order valence-corrected chi connectivity index (χ3v) is 4.20. The second kappa shape index (κ2) is 5.11. The first-order valence-electron chi connectivity index (χ1n) is 3.85. The summed E-state index contributed by atoms with van der Waals surface area (Å²) in [5.41, 5.74) is 0. The van der Waals surface area contributed by atoms with Gasteiger partial charge in [-0.1, -0.05) is 11.6 Å². The van der Waals surface area contributed by atoms with Crippen LogP contribution in [0.15, 0.2) is 10.5 Å². The minimum Gasteiger partial charge on any atom is -0.481 e. The first kappa shape index (κ1) is 12.0. The largest absolute Gasteiger partial charge is 0.481 e. The van der Waals surface area contributed by atoms with Crippen LogP contribution >= 0.6 is 38.9 Å². The van der Waals surface area contributed by atoms with Gasteiger partial charge in [-0.15, -0.1) is 11.3 Å². The van der Waals surface area contributed by atoms with E-state index in [4.69, 9.17) is 16.7 Å². The van der Waals surface area contributed by atoms with Crippen molar-refractivity contribution in [2.75, 3.05) is 0 Å². The molecule has 2 N–H and O–H groups in total. The number of carboxylic acid groups (broad SMARTS) is 1. The zero-order valence-electron chi connectivity index (χ0n) is 7.04. The van der Waals surface area contributed by atoms with Crippen LogP contribution in [0.3, 0.4) is 0 Å². The van der Waals surface area contributed by atoms with E-state index in [1.807, 2.05) is 0 Å². The van der Waals surface area contributed by atoms with Crippen molar-refractivity contribution in [3.05, 3.63) is 19.8 Å². The number of aliphatic carboxylic acids is 1. The number of carboxylic acids is 1. The average Bonchev–Trinajstić information content (AvgIpc) is 2.43. The van der Waals surface area contributed by atoms with Crippen LogP contribution in [0, 0.1) is 0 Å². The summed E-state index contributed by atoms with van der Waals surface area (Å²) < 4.78 is 1.29. The molecule has 14 heavy (non-hydrogen) atoms. The predicted molar refractivity (Wildman–Crippen MR) is 58.9 cm³/mol. The molecule has 0 aliphatic rings. The lowest BCUT2D eigenvalue weighted by Crippen LogP contribution is -2.00. The molecule has 1 aromatic heterocycles. The van der Waals surface area contributed by atoms with E-state index in [-0.39, 0.29) is 12.8 Å². The summed E-state index contributed by atoms with van der Waals surface area (Å²) in [6.45, 7) is 0. The first-order chi connectivity index (χ1) is 6.50. The Morgan fingerprint density at radius 2 is 2.36 bits per heavy atom. The molecular weight excluding hydrogens is 292 g/mol. The number of carbonyl (C=O) groups is 1. The van der Waals surface area contributed by atoms with E-state index in [0.29, 0.717) is 9.21 Å². The summed E-state index contributed by atoms with van der Waals surface area (Å²) in [7, 11) is 0. The highest BCUT2D eigenvalue weighted by Crippen LogP contribution is 2.36. The first-order valence-corrected chi connectivity index (χ1v) is 5.84. The van der Waals surface area contributed by atoms with E-state index in [2.05, 4.69) is 15.9 Å². The Kier molecular flexibility index (Phi) is 4.37. The highest BCUT2D eigenvalue weighted by molar-refractivity contribution is 9.10. The number of halogens is 2. The van der Waals surface area contributed by atoms with Gasteiger partial charge in [-0.2, -0.15) is 0 Å². The monoisotopic (exact) mass is 298 g/mol. The molecule has 0 aliphatic heterocycles. The summed E-state index contributed by atoms with van der Waals surface area (Å²) in [6.07, 6.45) is -0.590. The second-order valence-corrected chi connectivity index (χ2v) is 5.26. The Balaban J connectivity index is 2.60. The van der Waals surface area contributed by atoms with E-state index in [1.165, 1.54) is 11.3 Å². The van der Waals surface area contributed by atoms with Gasteiger partial charge in [-0.05, 0) is 28.4 Å². The van der Waals surface area contributed by atoms with Gasteiger partial charge < -0.3 is 10.2 Å². The molecule has 0 radical (unpaired) electrons. The Hall–Kier alpha value is -0.100. The Morgan fingerprint density at radius 3 is 2.79 bits per heavy atom. The zero-order valence-corrected chi connectivity index (χ0v) is 10.2. The molecule has 0 fully saturated rings. The molecule has 0 amide bonds. The Morgan fingerprint density at radius 1 is 1.71 bits per heavy atom. The maximum absolute atomic E-state index is 10.3. The normalized spacial score (nSPS) is 12.8.